The lowest BCUT2D eigenvalue weighted by atomic mass is 9.70. The largest absolute Gasteiger partial charge is 0.508 e. The fourth-order valence-corrected chi connectivity index (χ4v) is 3.47. The van der Waals surface area contributed by atoms with Crippen LogP contribution in [0.4, 0.5) is 0 Å². The first kappa shape index (κ1) is 11.8. The van der Waals surface area contributed by atoms with Gasteiger partial charge in [-0.2, -0.15) is 0 Å². The van der Waals surface area contributed by atoms with Crippen LogP contribution < -0.4 is 0 Å². The Kier molecular flexibility index (Phi) is 2.91. The number of phenolic OH excluding ortho intramolecular Hbond substituents is 1. The summed E-state index contributed by atoms with van der Waals surface area (Å²) in [6, 6.07) is 3.54. The SMILES string of the molecule is CCC1(C(C)C)CCc2c(Cl)ccc(O)c21. The smallest absolute Gasteiger partial charge is 0.119 e. The predicted molar refractivity (Wildman–Crippen MR) is 68.2 cm³/mol. The minimum atomic E-state index is 0.115. The average molecular weight is 239 g/mol. The third kappa shape index (κ3) is 1.45. The van der Waals surface area contributed by atoms with E-state index in [1.165, 1.54) is 0 Å². The van der Waals surface area contributed by atoms with Crippen molar-refractivity contribution in [1.29, 1.82) is 0 Å². The molecule has 2 rings (SSSR count). The Morgan fingerprint density at radius 1 is 1.44 bits per heavy atom. The second-order valence-corrected chi connectivity index (χ2v) is 5.49. The molecule has 0 fully saturated rings. The summed E-state index contributed by atoms with van der Waals surface area (Å²) in [5.74, 6) is 0.954. The number of aromatic hydroxyl groups is 1. The first-order valence-corrected chi connectivity index (χ1v) is 6.41. The topological polar surface area (TPSA) is 20.2 Å². The van der Waals surface area contributed by atoms with Gasteiger partial charge in [0.1, 0.15) is 5.75 Å². The molecule has 88 valence electrons. The molecule has 1 aliphatic rings. The summed E-state index contributed by atoms with van der Waals surface area (Å²) in [4.78, 5) is 0. The summed E-state index contributed by atoms with van der Waals surface area (Å²) < 4.78 is 0. The van der Waals surface area contributed by atoms with Gasteiger partial charge in [-0.15, -0.1) is 0 Å². The molecule has 0 aliphatic heterocycles. The maximum atomic E-state index is 10.1. The normalized spacial score (nSPS) is 23.8. The van der Waals surface area contributed by atoms with Gasteiger partial charge in [0.05, 0.1) is 0 Å². The highest BCUT2D eigenvalue weighted by Gasteiger charge is 2.42. The van der Waals surface area contributed by atoms with Crippen molar-refractivity contribution in [3.8, 4) is 5.75 Å². The van der Waals surface area contributed by atoms with Gasteiger partial charge >= 0.3 is 0 Å². The Hall–Kier alpha value is -0.690. The zero-order valence-electron chi connectivity index (χ0n) is 10.2. The summed E-state index contributed by atoms with van der Waals surface area (Å²) in [7, 11) is 0. The predicted octanol–water partition coefficient (Wildman–Crippen LogP) is 4.30. The number of halogens is 1. The number of phenols is 1. The standard InChI is InChI=1S/C14H19ClO/c1-4-14(9(2)3)8-7-10-11(15)5-6-12(16)13(10)14/h5-6,9,16H,4,7-8H2,1-3H3. The Morgan fingerprint density at radius 3 is 2.69 bits per heavy atom. The van der Waals surface area contributed by atoms with Crippen molar-refractivity contribution < 1.29 is 5.11 Å². The van der Waals surface area contributed by atoms with Crippen molar-refractivity contribution in [3.63, 3.8) is 0 Å². The van der Waals surface area contributed by atoms with E-state index in [1.807, 2.05) is 6.07 Å². The van der Waals surface area contributed by atoms with Crippen LogP contribution in [0.1, 0.15) is 44.7 Å². The van der Waals surface area contributed by atoms with Crippen molar-refractivity contribution in [2.75, 3.05) is 0 Å². The molecule has 1 aliphatic carbocycles. The molecule has 0 saturated carbocycles. The Bertz CT molecular complexity index is 411. The molecule has 0 aromatic heterocycles. The Balaban J connectivity index is 2.65. The molecule has 16 heavy (non-hydrogen) atoms. The monoisotopic (exact) mass is 238 g/mol. The number of hydrogen-bond acceptors (Lipinski definition) is 1. The van der Waals surface area contributed by atoms with Crippen LogP contribution in [-0.4, -0.2) is 5.11 Å². The minimum Gasteiger partial charge on any atom is -0.508 e. The fourth-order valence-electron chi connectivity index (χ4n) is 3.22. The average Bonchev–Trinajstić information content (AvgIpc) is 2.65. The highest BCUT2D eigenvalue weighted by Crippen LogP contribution is 2.51. The van der Waals surface area contributed by atoms with Gasteiger partial charge in [-0.3, -0.25) is 0 Å². The lowest BCUT2D eigenvalue weighted by Crippen LogP contribution is -2.28. The molecule has 0 spiro atoms. The maximum absolute atomic E-state index is 10.1. The van der Waals surface area contributed by atoms with Crippen molar-refractivity contribution in [3.05, 3.63) is 28.3 Å². The van der Waals surface area contributed by atoms with Crippen LogP contribution >= 0.6 is 11.6 Å². The van der Waals surface area contributed by atoms with Crippen molar-refractivity contribution in [1.82, 2.24) is 0 Å². The van der Waals surface area contributed by atoms with Gasteiger partial charge in [0.2, 0.25) is 0 Å². The van der Waals surface area contributed by atoms with Gasteiger partial charge in [0.25, 0.3) is 0 Å². The van der Waals surface area contributed by atoms with E-state index in [9.17, 15) is 5.11 Å². The highest BCUT2D eigenvalue weighted by molar-refractivity contribution is 6.31. The molecule has 1 atom stereocenters. The summed E-state index contributed by atoms with van der Waals surface area (Å²) in [6.45, 7) is 6.67. The van der Waals surface area contributed by atoms with Gasteiger partial charge in [0.15, 0.2) is 0 Å². The van der Waals surface area contributed by atoms with E-state index >= 15 is 0 Å². The van der Waals surface area contributed by atoms with Crippen LogP contribution in [0.5, 0.6) is 5.75 Å². The molecule has 0 radical (unpaired) electrons. The van der Waals surface area contributed by atoms with Gasteiger partial charge in [-0.05, 0) is 42.9 Å². The van der Waals surface area contributed by atoms with Crippen LogP contribution in [0.25, 0.3) is 0 Å². The van der Waals surface area contributed by atoms with E-state index < -0.39 is 0 Å². The fraction of sp³-hybridized carbons (Fsp3) is 0.571. The molecule has 0 saturated heterocycles. The molecule has 1 unspecified atom stereocenters. The number of rotatable bonds is 2. The molecule has 2 heteroatoms. The molecule has 1 nitrogen and oxygen atoms in total. The van der Waals surface area contributed by atoms with Crippen LogP contribution in [0.2, 0.25) is 5.02 Å². The van der Waals surface area contributed by atoms with E-state index in [1.54, 1.807) is 6.07 Å². The summed E-state index contributed by atoms with van der Waals surface area (Å²) in [6.07, 6.45) is 3.16. The van der Waals surface area contributed by atoms with E-state index in [2.05, 4.69) is 20.8 Å². The van der Waals surface area contributed by atoms with Crippen LogP contribution in [0, 0.1) is 5.92 Å². The number of hydrogen-bond donors (Lipinski definition) is 1. The van der Waals surface area contributed by atoms with Gasteiger partial charge in [-0.25, -0.2) is 0 Å². The van der Waals surface area contributed by atoms with Crippen LogP contribution in [0.15, 0.2) is 12.1 Å². The molecule has 1 aromatic rings. The summed E-state index contributed by atoms with van der Waals surface area (Å²) >= 11 is 6.22. The highest BCUT2D eigenvalue weighted by atomic mass is 35.5. The number of benzene rings is 1. The van der Waals surface area contributed by atoms with E-state index in [0.29, 0.717) is 11.7 Å². The maximum Gasteiger partial charge on any atom is 0.119 e. The molecule has 1 aromatic carbocycles. The first-order chi connectivity index (χ1) is 7.53. The first-order valence-electron chi connectivity index (χ1n) is 6.03. The van der Waals surface area contributed by atoms with Gasteiger partial charge in [-0.1, -0.05) is 32.4 Å². The van der Waals surface area contributed by atoms with E-state index in [4.69, 9.17) is 11.6 Å². The quantitative estimate of drug-likeness (QED) is 0.815. The lowest BCUT2D eigenvalue weighted by molar-refractivity contribution is 0.284. The molecule has 0 bridgehead atoms. The lowest BCUT2D eigenvalue weighted by Gasteiger charge is -2.34. The summed E-state index contributed by atoms with van der Waals surface area (Å²) in [5.41, 5.74) is 2.39. The van der Waals surface area contributed by atoms with Crippen LogP contribution in [-0.2, 0) is 11.8 Å². The minimum absolute atomic E-state index is 0.115. The zero-order valence-corrected chi connectivity index (χ0v) is 10.9. The second kappa shape index (κ2) is 3.96. The molecule has 0 heterocycles. The van der Waals surface area contributed by atoms with Gasteiger partial charge < -0.3 is 5.11 Å². The third-order valence-corrected chi connectivity index (χ3v) is 4.64. The van der Waals surface area contributed by atoms with E-state index in [0.717, 1.165) is 35.4 Å². The second-order valence-electron chi connectivity index (χ2n) is 5.08. The Morgan fingerprint density at radius 2 is 2.12 bits per heavy atom. The molecule has 0 amide bonds. The third-order valence-electron chi connectivity index (χ3n) is 4.29. The van der Waals surface area contributed by atoms with Crippen molar-refractivity contribution >= 4 is 11.6 Å². The zero-order chi connectivity index (χ0) is 11.9. The molecule has 1 N–H and O–H groups in total. The van der Waals surface area contributed by atoms with Gasteiger partial charge in [0, 0.05) is 16.0 Å². The van der Waals surface area contributed by atoms with Crippen LogP contribution in [0.3, 0.4) is 0 Å². The van der Waals surface area contributed by atoms with Crippen molar-refractivity contribution in [2.45, 2.75) is 45.4 Å². The summed E-state index contributed by atoms with van der Waals surface area (Å²) in [5, 5.41) is 10.9. The van der Waals surface area contributed by atoms with Crippen molar-refractivity contribution in [2.24, 2.45) is 5.92 Å². The Labute approximate surface area is 102 Å². The molecular formula is C14H19ClO. The molecular weight excluding hydrogens is 220 g/mol. The number of fused-ring (bicyclic) bond motifs is 1. The van der Waals surface area contributed by atoms with E-state index in [-0.39, 0.29) is 5.41 Å².